The maximum Gasteiger partial charge on any atom is 0.323 e. The van der Waals surface area contributed by atoms with E-state index in [9.17, 15) is 19.2 Å². The second-order valence-electron chi connectivity index (χ2n) is 12.7. The van der Waals surface area contributed by atoms with Crippen molar-refractivity contribution in [1.29, 1.82) is 0 Å². The molecule has 0 bridgehead atoms. The molecule has 13 heteroatoms. The second kappa shape index (κ2) is 26.2. The highest BCUT2D eigenvalue weighted by Gasteiger charge is 2.22. The van der Waals surface area contributed by atoms with Gasteiger partial charge < -0.3 is 30.7 Å². The van der Waals surface area contributed by atoms with Crippen molar-refractivity contribution < 1.29 is 28.7 Å². The largest absolute Gasteiger partial charge is 0.464 e. The molecule has 0 saturated heterocycles. The quantitative estimate of drug-likeness (QED) is 0.124. The van der Waals surface area contributed by atoms with Crippen LogP contribution in [-0.4, -0.2) is 72.9 Å². The van der Waals surface area contributed by atoms with E-state index in [1.807, 2.05) is 41.5 Å². The molecular formula is C34H61ClN4O6S2. The molecule has 0 aromatic rings. The van der Waals surface area contributed by atoms with Crippen molar-refractivity contribution in [3.8, 4) is 0 Å². The van der Waals surface area contributed by atoms with Crippen molar-refractivity contribution in [1.82, 2.24) is 9.80 Å². The van der Waals surface area contributed by atoms with Crippen LogP contribution in [0.5, 0.6) is 0 Å². The van der Waals surface area contributed by atoms with Gasteiger partial charge in [-0.15, -0.1) is 12.4 Å². The minimum atomic E-state index is -0.708. The molecule has 0 radical (unpaired) electrons. The third-order valence-electron chi connectivity index (χ3n) is 8.34. The molecule has 2 atom stereocenters. The number of halogens is 1. The van der Waals surface area contributed by atoms with E-state index < -0.39 is 24.0 Å². The van der Waals surface area contributed by atoms with E-state index in [1.54, 1.807) is 9.80 Å². The smallest absolute Gasteiger partial charge is 0.323 e. The molecule has 1 aliphatic heterocycles. The van der Waals surface area contributed by atoms with Gasteiger partial charge in [-0.3, -0.25) is 19.2 Å². The van der Waals surface area contributed by atoms with Crippen LogP contribution in [0.4, 0.5) is 0 Å². The summed E-state index contributed by atoms with van der Waals surface area (Å²) in [6.45, 7) is 12.8. The number of hydrogen-bond acceptors (Lipinski definition) is 10. The van der Waals surface area contributed by atoms with E-state index in [0.29, 0.717) is 25.9 Å². The molecule has 0 aromatic carbocycles. The highest BCUT2D eigenvalue weighted by atomic mass is 35.5. The van der Waals surface area contributed by atoms with Gasteiger partial charge in [-0.05, 0) is 38.5 Å². The molecular weight excluding hydrogens is 660 g/mol. The Labute approximate surface area is 297 Å². The summed E-state index contributed by atoms with van der Waals surface area (Å²) in [6.07, 6.45) is 13.6. The Morgan fingerprint density at radius 1 is 0.660 bits per heavy atom. The Hall–Kier alpha value is -1.73. The van der Waals surface area contributed by atoms with Gasteiger partial charge in [0.15, 0.2) is 0 Å². The van der Waals surface area contributed by atoms with E-state index in [-0.39, 0.29) is 37.5 Å². The fourth-order valence-corrected chi connectivity index (χ4v) is 7.63. The van der Waals surface area contributed by atoms with Gasteiger partial charge in [0.05, 0.1) is 13.2 Å². The summed E-state index contributed by atoms with van der Waals surface area (Å²) in [4.78, 5) is 54.6. The van der Waals surface area contributed by atoms with Gasteiger partial charge in [-0.2, -0.15) is 0 Å². The molecule has 0 aromatic heterocycles. The Morgan fingerprint density at radius 3 is 1.23 bits per heavy atom. The SMILES string of the molecule is C/C1=C(\CCOC(=O)[C@@H](N)C(C)C)SS/C(CCOC(=O)[C@@H](N)C(C)C)=C(/C)N(C=O)CCCCCCCCCCCCN1C=O.Cl. The van der Waals surface area contributed by atoms with Crippen LogP contribution in [0.1, 0.15) is 119 Å². The summed E-state index contributed by atoms with van der Waals surface area (Å²) in [5, 5.41) is 0. The Kier molecular flexibility index (Phi) is 25.2. The number of nitrogens with two attached hydrogens (primary N) is 2. The first kappa shape index (κ1) is 45.3. The average molecular weight is 721 g/mol. The predicted octanol–water partition coefficient (Wildman–Crippen LogP) is 6.92. The van der Waals surface area contributed by atoms with Gasteiger partial charge >= 0.3 is 11.9 Å². The zero-order valence-electron chi connectivity index (χ0n) is 29.5. The zero-order valence-corrected chi connectivity index (χ0v) is 32.0. The lowest BCUT2D eigenvalue weighted by Crippen LogP contribution is -2.37. The van der Waals surface area contributed by atoms with Crippen molar-refractivity contribution in [3.05, 3.63) is 21.2 Å². The Bertz CT molecular complexity index is 933. The Morgan fingerprint density at radius 2 is 0.957 bits per heavy atom. The third kappa shape index (κ3) is 18.0. The number of hydrogen-bond donors (Lipinski definition) is 2. The highest BCUT2D eigenvalue weighted by Crippen LogP contribution is 2.43. The standard InChI is InChI=1S/C34H60N4O6S2.ClH/c1-25(2)31(35)33(41)43-21-17-29-27(5)37(23-39)19-15-13-11-9-7-8-10-12-14-16-20-38(24-40)28(6)30(46-45-29)18-22-44-34(42)32(36)26(3)4;/h23-26,31-32H,7-22,35-36H2,1-6H3;1H/b29-27-,30-28-;/t31-,32-;/m0./s1. The van der Waals surface area contributed by atoms with Gasteiger partial charge in [0.1, 0.15) is 12.1 Å². The molecule has 0 spiro atoms. The van der Waals surface area contributed by atoms with Crippen LogP contribution in [0.2, 0.25) is 0 Å². The lowest BCUT2D eigenvalue weighted by atomic mass is 10.1. The van der Waals surface area contributed by atoms with Crippen LogP contribution in [0.15, 0.2) is 21.2 Å². The van der Waals surface area contributed by atoms with Gasteiger partial charge in [0.25, 0.3) is 0 Å². The third-order valence-corrected chi connectivity index (χ3v) is 11.3. The number of esters is 2. The fourth-order valence-electron chi connectivity index (χ4n) is 4.79. The Balaban J connectivity index is 0.0000212. The summed E-state index contributed by atoms with van der Waals surface area (Å²) in [7, 11) is 2.93. The lowest BCUT2D eigenvalue weighted by molar-refractivity contribution is -0.147. The molecule has 2 amide bonds. The van der Waals surface area contributed by atoms with Gasteiger partial charge in [-0.1, -0.05) is 101 Å². The van der Waals surface area contributed by atoms with E-state index in [1.165, 1.54) is 47.3 Å². The molecule has 4 N–H and O–H groups in total. The maximum absolute atomic E-state index is 12.5. The van der Waals surface area contributed by atoms with Crippen molar-refractivity contribution in [2.24, 2.45) is 23.3 Å². The number of amides is 2. The summed E-state index contributed by atoms with van der Waals surface area (Å²) in [5.41, 5.74) is 13.6. The normalized spacial score (nSPS) is 21.4. The number of carbonyl (C=O) groups excluding carboxylic acids is 4. The van der Waals surface area contributed by atoms with Crippen LogP contribution >= 0.6 is 34.0 Å². The van der Waals surface area contributed by atoms with E-state index in [4.69, 9.17) is 20.9 Å². The van der Waals surface area contributed by atoms with Crippen LogP contribution < -0.4 is 11.5 Å². The minimum absolute atomic E-state index is 0. The van der Waals surface area contributed by atoms with Crippen LogP contribution in [0.3, 0.4) is 0 Å². The zero-order chi connectivity index (χ0) is 34.5. The van der Waals surface area contributed by atoms with E-state index in [2.05, 4.69) is 0 Å². The average Bonchev–Trinajstić information content (AvgIpc) is 3.03. The maximum atomic E-state index is 12.5. The van der Waals surface area contributed by atoms with E-state index in [0.717, 1.165) is 72.5 Å². The number of ether oxygens (including phenoxy) is 2. The van der Waals surface area contributed by atoms with Crippen molar-refractivity contribution in [2.75, 3.05) is 26.3 Å². The molecule has 0 fully saturated rings. The number of nitrogens with zero attached hydrogens (tertiary/aromatic N) is 2. The van der Waals surface area contributed by atoms with Crippen LogP contribution in [0.25, 0.3) is 0 Å². The summed E-state index contributed by atoms with van der Waals surface area (Å²) >= 11 is 0. The van der Waals surface area contributed by atoms with Crippen LogP contribution in [0, 0.1) is 11.8 Å². The van der Waals surface area contributed by atoms with Gasteiger partial charge in [-0.25, -0.2) is 0 Å². The van der Waals surface area contributed by atoms with Crippen molar-refractivity contribution >= 4 is 58.8 Å². The second-order valence-corrected chi connectivity index (χ2v) is 15.0. The molecule has 1 rings (SSSR count). The number of allylic oxidation sites excluding steroid dienone is 2. The highest BCUT2D eigenvalue weighted by molar-refractivity contribution is 8.79. The molecule has 0 aliphatic carbocycles. The lowest BCUT2D eigenvalue weighted by Gasteiger charge is -2.24. The first-order valence-electron chi connectivity index (χ1n) is 17.0. The monoisotopic (exact) mass is 720 g/mol. The summed E-state index contributed by atoms with van der Waals surface area (Å²) in [6, 6.07) is -1.42. The molecule has 0 saturated carbocycles. The molecule has 47 heavy (non-hydrogen) atoms. The number of rotatable bonds is 12. The number of carbonyl (C=O) groups is 4. The van der Waals surface area contributed by atoms with Crippen molar-refractivity contribution in [2.45, 2.75) is 131 Å². The van der Waals surface area contributed by atoms with Gasteiger partial charge in [0.2, 0.25) is 12.8 Å². The molecule has 1 heterocycles. The first-order chi connectivity index (χ1) is 21.9. The van der Waals surface area contributed by atoms with E-state index >= 15 is 0 Å². The predicted molar refractivity (Wildman–Crippen MR) is 196 cm³/mol. The summed E-state index contributed by atoms with van der Waals surface area (Å²) in [5.74, 6) is -1.00. The van der Waals surface area contributed by atoms with Crippen LogP contribution in [-0.2, 0) is 28.7 Å². The minimum Gasteiger partial charge on any atom is -0.464 e. The first-order valence-corrected chi connectivity index (χ1v) is 19.1. The molecule has 1 aliphatic rings. The van der Waals surface area contributed by atoms with Crippen molar-refractivity contribution in [3.63, 3.8) is 0 Å². The molecule has 10 nitrogen and oxygen atoms in total. The topological polar surface area (TPSA) is 145 Å². The molecule has 272 valence electrons. The summed E-state index contributed by atoms with van der Waals surface area (Å²) < 4.78 is 11.0. The van der Waals surface area contributed by atoms with Gasteiger partial charge in [0, 0.05) is 47.1 Å². The molecule has 0 unspecified atom stereocenters. The fraction of sp³-hybridized carbons (Fsp3) is 0.765.